The maximum absolute atomic E-state index is 2.53. The van der Waals surface area contributed by atoms with Crippen LogP contribution in [-0.4, -0.2) is 0 Å². The van der Waals surface area contributed by atoms with Crippen LogP contribution in [0, 0.1) is 75.9 Å². The zero-order valence-electron chi connectivity index (χ0n) is 35.8. The van der Waals surface area contributed by atoms with Crippen LogP contribution in [-0.2, 0) is 0 Å². The van der Waals surface area contributed by atoms with Crippen molar-refractivity contribution in [3.8, 4) is 0 Å². The van der Waals surface area contributed by atoms with E-state index in [-0.39, 0.29) is 0 Å². The third-order valence-corrected chi connectivity index (χ3v) is 13.0. The summed E-state index contributed by atoms with van der Waals surface area (Å²) in [5.41, 5.74) is 1.14. The zero-order valence-corrected chi connectivity index (χ0v) is 35.8. The van der Waals surface area contributed by atoms with Crippen molar-refractivity contribution in [2.75, 3.05) is 0 Å². The molecule has 47 heavy (non-hydrogen) atoms. The first-order valence-corrected chi connectivity index (χ1v) is 21.8. The van der Waals surface area contributed by atoms with E-state index in [0.717, 1.165) is 65.1 Å². The summed E-state index contributed by atoms with van der Waals surface area (Å²) >= 11 is 0. The molecule has 0 aromatic carbocycles. The number of hydrogen-bond acceptors (Lipinski definition) is 0. The average Bonchev–Trinajstić information content (AvgIpc) is 2.94. The van der Waals surface area contributed by atoms with Gasteiger partial charge >= 0.3 is 0 Å². The van der Waals surface area contributed by atoms with Gasteiger partial charge < -0.3 is 0 Å². The Balaban J connectivity index is 0.000000363. The molecule has 0 nitrogen and oxygen atoms in total. The molecule has 2 atom stereocenters. The molecular formula is C47H94. The lowest BCUT2D eigenvalue weighted by Crippen LogP contribution is -2.38. The number of unbranched alkanes of at least 4 members (excludes halogenated alkanes) is 3. The van der Waals surface area contributed by atoms with Gasteiger partial charge in [-0.3, -0.25) is 0 Å². The molecule has 3 aliphatic carbocycles. The molecule has 2 unspecified atom stereocenters. The average molecular weight is 659 g/mol. The Labute approximate surface area is 301 Å². The highest BCUT2D eigenvalue weighted by Gasteiger charge is 2.42. The van der Waals surface area contributed by atoms with E-state index in [2.05, 4.69) is 104 Å². The van der Waals surface area contributed by atoms with Crippen LogP contribution in [0.5, 0.6) is 0 Å². The van der Waals surface area contributed by atoms with Crippen LogP contribution in [0.4, 0.5) is 0 Å². The minimum absolute atomic E-state index is 0.552. The second-order valence-corrected chi connectivity index (χ2v) is 21.2. The fourth-order valence-electron chi connectivity index (χ4n) is 10.4. The molecule has 0 N–H and O–H groups in total. The third kappa shape index (κ3) is 20.4. The Morgan fingerprint density at radius 3 is 1.15 bits per heavy atom. The summed E-state index contributed by atoms with van der Waals surface area (Å²) in [7, 11) is 0. The normalized spacial score (nSPS) is 29.7. The molecule has 3 aliphatic rings. The predicted octanol–water partition coefficient (Wildman–Crippen LogP) is 16.5. The fraction of sp³-hybridized carbons (Fsp3) is 1.00. The van der Waals surface area contributed by atoms with Crippen LogP contribution >= 0.6 is 0 Å². The molecule has 0 heterocycles. The quantitative estimate of drug-likeness (QED) is 0.163. The van der Waals surface area contributed by atoms with Gasteiger partial charge in [0.2, 0.25) is 0 Å². The van der Waals surface area contributed by atoms with Crippen molar-refractivity contribution in [2.45, 2.75) is 226 Å². The molecule has 0 spiro atoms. The molecule has 3 rings (SSSR count). The van der Waals surface area contributed by atoms with Gasteiger partial charge in [-0.15, -0.1) is 0 Å². The standard InChI is InChI=1S/C19H36.C16H32.C12H26/c1-14(2)18-9-5-16(6-10-18)13-17-7-11-19(12-8-17)15(3)4;1-12(2)8-16(7)10-14(13(3)4)9-15(5,6)11-16;1-11(2)9-7-5-6-8-10-12(3)4/h14-19H,5-13H2,1-4H3;12-14H,8-11H2,1-7H3;11-12H,5-10H2,1-4H3. The molecule has 0 saturated heterocycles. The fourth-order valence-corrected chi connectivity index (χ4v) is 10.4. The van der Waals surface area contributed by atoms with Gasteiger partial charge in [0.05, 0.1) is 0 Å². The molecule has 3 saturated carbocycles. The van der Waals surface area contributed by atoms with Crippen molar-refractivity contribution in [3.05, 3.63) is 0 Å². The highest BCUT2D eigenvalue weighted by Crippen LogP contribution is 2.53. The van der Waals surface area contributed by atoms with Gasteiger partial charge in [-0.1, -0.05) is 168 Å². The van der Waals surface area contributed by atoms with E-state index >= 15 is 0 Å². The predicted molar refractivity (Wildman–Crippen MR) is 216 cm³/mol. The summed E-state index contributed by atoms with van der Waals surface area (Å²) in [6, 6.07) is 0. The van der Waals surface area contributed by atoms with Crippen molar-refractivity contribution < 1.29 is 0 Å². The molecule has 0 radical (unpaired) electrons. The van der Waals surface area contributed by atoms with E-state index in [4.69, 9.17) is 0 Å². The van der Waals surface area contributed by atoms with Crippen LogP contribution in [0.2, 0.25) is 0 Å². The Morgan fingerprint density at radius 1 is 0.447 bits per heavy atom. The van der Waals surface area contributed by atoms with Gasteiger partial charge in [0.15, 0.2) is 0 Å². The number of hydrogen-bond donors (Lipinski definition) is 0. The minimum atomic E-state index is 0.552. The van der Waals surface area contributed by atoms with Crippen molar-refractivity contribution in [2.24, 2.45) is 75.9 Å². The summed E-state index contributed by atoms with van der Waals surface area (Å²) in [4.78, 5) is 0. The molecule has 3 fully saturated rings. The van der Waals surface area contributed by atoms with E-state index < -0.39 is 0 Å². The molecular weight excluding hydrogens is 565 g/mol. The molecule has 0 bridgehead atoms. The van der Waals surface area contributed by atoms with Crippen LogP contribution in [0.1, 0.15) is 226 Å². The molecule has 0 aliphatic heterocycles. The second-order valence-electron chi connectivity index (χ2n) is 21.2. The molecule has 0 aromatic heterocycles. The van der Waals surface area contributed by atoms with Gasteiger partial charge in [-0.25, -0.2) is 0 Å². The first-order valence-electron chi connectivity index (χ1n) is 21.8. The summed E-state index contributed by atoms with van der Waals surface area (Å²) in [6.45, 7) is 35.9. The molecule has 0 heteroatoms. The summed E-state index contributed by atoms with van der Waals surface area (Å²) < 4.78 is 0. The maximum atomic E-state index is 2.53. The van der Waals surface area contributed by atoms with Crippen LogP contribution in [0.15, 0.2) is 0 Å². The van der Waals surface area contributed by atoms with Crippen molar-refractivity contribution in [1.82, 2.24) is 0 Å². The highest BCUT2D eigenvalue weighted by atomic mass is 14.5. The van der Waals surface area contributed by atoms with Crippen LogP contribution in [0.25, 0.3) is 0 Å². The summed E-state index contributed by atoms with van der Waals surface area (Å²) in [6.07, 6.45) is 28.1. The second kappa shape index (κ2) is 22.7. The highest BCUT2D eigenvalue weighted by molar-refractivity contribution is 4.92. The third-order valence-electron chi connectivity index (χ3n) is 13.0. The van der Waals surface area contributed by atoms with Gasteiger partial charge in [0.1, 0.15) is 0 Å². The Bertz CT molecular complexity index is 698. The first kappa shape index (κ1) is 45.0. The largest absolute Gasteiger partial charge is 0.0628 e. The van der Waals surface area contributed by atoms with Crippen molar-refractivity contribution >= 4 is 0 Å². The van der Waals surface area contributed by atoms with Gasteiger partial charge in [-0.2, -0.15) is 0 Å². The topological polar surface area (TPSA) is 0 Å². The van der Waals surface area contributed by atoms with Gasteiger partial charge in [0.25, 0.3) is 0 Å². The van der Waals surface area contributed by atoms with Gasteiger partial charge in [0, 0.05) is 0 Å². The lowest BCUT2D eigenvalue weighted by atomic mass is 9.57. The van der Waals surface area contributed by atoms with Crippen molar-refractivity contribution in [3.63, 3.8) is 0 Å². The maximum Gasteiger partial charge on any atom is -0.0316 e. The lowest BCUT2D eigenvalue weighted by Gasteiger charge is -2.49. The van der Waals surface area contributed by atoms with E-state index in [1.165, 1.54) is 116 Å². The molecule has 0 aromatic rings. The smallest absolute Gasteiger partial charge is 0.0316 e. The van der Waals surface area contributed by atoms with Crippen molar-refractivity contribution in [1.29, 1.82) is 0 Å². The first-order chi connectivity index (χ1) is 21.8. The molecule has 0 amide bonds. The Kier molecular flexibility index (Phi) is 21.8. The van der Waals surface area contributed by atoms with E-state index in [0.29, 0.717) is 10.8 Å². The lowest BCUT2D eigenvalue weighted by molar-refractivity contribution is 0.0213. The Hall–Kier alpha value is 0. The molecule has 282 valence electrons. The van der Waals surface area contributed by atoms with E-state index in [9.17, 15) is 0 Å². The van der Waals surface area contributed by atoms with Gasteiger partial charge in [-0.05, 0) is 134 Å². The summed E-state index contributed by atoms with van der Waals surface area (Å²) in [5, 5.41) is 0. The van der Waals surface area contributed by atoms with E-state index in [1.54, 1.807) is 6.42 Å². The number of rotatable bonds is 14. The van der Waals surface area contributed by atoms with E-state index in [1.807, 2.05) is 0 Å². The minimum Gasteiger partial charge on any atom is -0.0628 e. The Morgan fingerprint density at radius 2 is 0.830 bits per heavy atom. The summed E-state index contributed by atoms with van der Waals surface area (Å²) in [5.74, 6) is 10.5. The zero-order chi connectivity index (χ0) is 35.8. The van der Waals surface area contributed by atoms with Crippen LogP contribution in [0.3, 0.4) is 0 Å². The SMILES string of the molecule is CC(C)C1CCC(CC2CCC(C(C)C)CC2)CC1.CC(C)CC1(C)CC(C(C)C)CC(C)(C)C1.CC(C)CCCCCCC(C)C. The monoisotopic (exact) mass is 659 g/mol. The van der Waals surface area contributed by atoms with Crippen LogP contribution < -0.4 is 0 Å².